The molecule has 0 fully saturated rings. The number of hydrogen-bond donors (Lipinski definition) is 1. The van der Waals surface area contributed by atoms with Crippen LogP contribution in [0.3, 0.4) is 0 Å². The van der Waals surface area contributed by atoms with Gasteiger partial charge in [0, 0.05) is 19.8 Å². The maximum absolute atomic E-state index is 13.2. The molecule has 0 saturated carbocycles. The normalized spacial score (nSPS) is 10.6. The highest BCUT2D eigenvalue weighted by atomic mass is 32.2. The molecule has 0 aliphatic heterocycles. The van der Waals surface area contributed by atoms with Crippen molar-refractivity contribution >= 4 is 29.4 Å². The van der Waals surface area contributed by atoms with Crippen LogP contribution in [0.25, 0.3) is 0 Å². The summed E-state index contributed by atoms with van der Waals surface area (Å²) in [5, 5.41) is 17.1. The molecule has 0 aliphatic carbocycles. The molecule has 1 heterocycles. The molecule has 0 radical (unpaired) electrons. The minimum Gasteiger partial charge on any atom is -0.481 e. The molecule has 106 valence electrons. The number of carboxylic acid groups (broad SMARTS) is 1. The van der Waals surface area contributed by atoms with E-state index in [4.69, 9.17) is 5.11 Å². The summed E-state index contributed by atoms with van der Waals surface area (Å²) in [6.45, 7) is 0. The standard InChI is InChI=1S/C12H13FN4O2S/c1-16(9-5-3-4-8(13)6-9)11-14-15-12(17(11)2)20-7-10(18)19/h3-6H,7H2,1-2H3,(H,18,19). The van der Waals surface area contributed by atoms with Crippen LogP contribution in [-0.2, 0) is 11.8 Å². The molecule has 1 N–H and O–H groups in total. The van der Waals surface area contributed by atoms with Gasteiger partial charge in [0.05, 0.1) is 5.75 Å². The predicted octanol–water partition coefficient (Wildman–Crippen LogP) is 1.90. The SMILES string of the molecule is CN(c1cccc(F)c1)c1nnc(SCC(=O)O)n1C. The zero-order valence-corrected chi connectivity index (χ0v) is 11.8. The Morgan fingerprint density at radius 2 is 2.25 bits per heavy atom. The Kier molecular flexibility index (Phi) is 4.23. The maximum atomic E-state index is 13.2. The van der Waals surface area contributed by atoms with E-state index in [0.29, 0.717) is 16.8 Å². The molecule has 6 nitrogen and oxygen atoms in total. The Hall–Kier alpha value is -2.09. The Morgan fingerprint density at radius 1 is 1.50 bits per heavy atom. The van der Waals surface area contributed by atoms with Crippen molar-refractivity contribution in [1.82, 2.24) is 14.8 Å². The van der Waals surface area contributed by atoms with Gasteiger partial charge in [-0.15, -0.1) is 10.2 Å². The summed E-state index contributed by atoms with van der Waals surface area (Å²) >= 11 is 1.08. The predicted molar refractivity (Wildman–Crippen MR) is 73.8 cm³/mol. The van der Waals surface area contributed by atoms with E-state index in [-0.39, 0.29) is 11.6 Å². The van der Waals surface area contributed by atoms with Crippen molar-refractivity contribution in [3.8, 4) is 0 Å². The van der Waals surface area contributed by atoms with Gasteiger partial charge < -0.3 is 10.0 Å². The lowest BCUT2D eigenvalue weighted by Crippen LogP contribution is -2.14. The second kappa shape index (κ2) is 5.91. The van der Waals surface area contributed by atoms with Crippen LogP contribution in [0, 0.1) is 5.82 Å². The molecule has 1 aromatic heterocycles. The fraction of sp³-hybridized carbons (Fsp3) is 0.250. The van der Waals surface area contributed by atoms with Gasteiger partial charge in [0.1, 0.15) is 5.82 Å². The first-order valence-electron chi connectivity index (χ1n) is 5.72. The number of carbonyl (C=O) groups is 1. The van der Waals surface area contributed by atoms with Crippen molar-refractivity contribution < 1.29 is 14.3 Å². The Morgan fingerprint density at radius 3 is 2.90 bits per heavy atom. The van der Waals surface area contributed by atoms with Crippen LogP contribution in [0.2, 0.25) is 0 Å². The Labute approximate surface area is 119 Å². The molecular formula is C12H13FN4O2S. The van der Waals surface area contributed by atoms with E-state index in [1.807, 2.05) is 0 Å². The molecular weight excluding hydrogens is 283 g/mol. The van der Waals surface area contributed by atoms with Crippen LogP contribution in [0.4, 0.5) is 16.0 Å². The van der Waals surface area contributed by atoms with E-state index in [1.54, 1.807) is 35.7 Å². The number of nitrogens with zero attached hydrogens (tertiary/aromatic N) is 4. The van der Waals surface area contributed by atoms with E-state index in [2.05, 4.69) is 10.2 Å². The monoisotopic (exact) mass is 296 g/mol. The van der Waals surface area contributed by atoms with Gasteiger partial charge >= 0.3 is 5.97 Å². The molecule has 2 rings (SSSR count). The van der Waals surface area contributed by atoms with Crippen LogP contribution in [0.1, 0.15) is 0 Å². The summed E-state index contributed by atoms with van der Waals surface area (Å²) in [4.78, 5) is 12.2. The van der Waals surface area contributed by atoms with E-state index in [0.717, 1.165) is 11.8 Å². The number of aliphatic carboxylic acids is 1. The van der Waals surface area contributed by atoms with E-state index in [1.165, 1.54) is 12.1 Å². The lowest BCUT2D eigenvalue weighted by molar-refractivity contribution is -0.133. The fourth-order valence-corrected chi connectivity index (χ4v) is 2.28. The number of aromatic nitrogens is 3. The molecule has 8 heteroatoms. The first-order chi connectivity index (χ1) is 9.49. The first-order valence-corrected chi connectivity index (χ1v) is 6.71. The number of benzene rings is 1. The summed E-state index contributed by atoms with van der Waals surface area (Å²) in [7, 11) is 3.47. The molecule has 20 heavy (non-hydrogen) atoms. The number of hydrogen-bond acceptors (Lipinski definition) is 5. The smallest absolute Gasteiger partial charge is 0.313 e. The van der Waals surface area contributed by atoms with Crippen molar-refractivity contribution in [3.63, 3.8) is 0 Å². The van der Waals surface area contributed by atoms with Crippen molar-refractivity contribution in [2.75, 3.05) is 17.7 Å². The second-order valence-electron chi connectivity index (χ2n) is 4.06. The topological polar surface area (TPSA) is 71.2 Å². The number of thioether (sulfide) groups is 1. The zero-order valence-electron chi connectivity index (χ0n) is 10.9. The molecule has 0 amide bonds. The largest absolute Gasteiger partial charge is 0.481 e. The highest BCUT2D eigenvalue weighted by molar-refractivity contribution is 7.99. The molecule has 0 atom stereocenters. The number of anilines is 2. The van der Waals surface area contributed by atoms with Gasteiger partial charge in [-0.2, -0.15) is 0 Å². The fourth-order valence-electron chi connectivity index (χ4n) is 1.65. The average molecular weight is 296 g/mol. The average Bonchev–Trinajstić information content (AvgIpc) is 2.77. The summed E-state index contributed by atoms with van der Waals surface area (Å²) in [6, 6.07) is 6.11. The van der Waals surface area contributed by atoms with Gasteiger partial charge in [0.15, 0.2) is 5.16 Å². The molecule has 0 bridgehead atoms. The van der Waals surface area contributed by atoms with Crippen LogP contribution in [0.5, 0.6) is 0 Å². The van der Waals surface area contributed by atoms with Gasteiger partial charge in [0.2, 0.25) is 5.95 Å². The summed E-state index contributed by atoms with van der Waals surface area (Å²) in [5.74, 6) is -0.839. The van der Waals surface area contributed by atoms with Crippen LogP contribution in [-0.4, -0.2) is 38.6 Å². The highest BCUT2D eigenvalue weighted by Crippen LogP contribution is 2.25. The van der Waals surface area contributed by atoms with E-state index < -0.39 is 5.97 Å². The van der Waals surface area contributed by atoms with E-state index in [9.17, 15) is 9.18 Å². The van der Waals surface area contributed by atoms with Gasteiger partial charge in [-0.1, -0.05) is 17.8 Å². The van der Waals surface area contributed by atoms with Gasteiger partial charge in [-0.25, -0.2) is 4.39 Å². The molecule has 0 saturated heterocycles. The number of halogens is 1. The van der Waals surface area contributed by atoms with Gasteiger partial charge in [0.25, 0.3) is 0 Å². The maximum Gasteiger partial charge on any atom is 0.313 e. The number of carboxylic acids is 1. The lowest BCUT2D eigenvalue weighted by atomic mass is 10.3. The number of rotatable bonds is 5. The molecule has 1 aromatic carbocycles. The third-order valence-corrected chi connectivity index (χ3v) is 3.64. The zero-order chi connectivity index (χ0) is 14.7. The minimum absolute atomic E-state index is 0.0876. The summed E-state index contributed by atoms with van der Waals surface area (Å²) < 4.78 is 14.9. The minimum atomic E-state index is -0.918. The summed E-state index contributed by atoms with van der Waals surface area (Å²) in [5.41, 5.74) is 0.635. The second-order valence-corrected chi connectivity index (χ2v) is 5.01. The van der Waals surface area contributed by atoms with Gasteiger partial charge in [-0.05, 0) is 18.2 Å². The van der Waals surface area contributed by atoms with Crippen LogP contribution in [0.15, 0.2) is 29.4 Å². The van der Waals surface area contributed by atoms with E-state index >= 15 is 0 Å². The third-order valence-electron chi connectivity index (χ3n) is 2.63. The molecule has 0 unspecified atom stereocenters. The van der Waals surface area contributed by atoms with Crippen molar-refractivity contribution in [2.24, 2.45) is 7.05 Å². The lowest BCUT2D eigenvalue weighted by Gasteiger charge is -2.17. The molecule has 0 aliphatic rings. The Bertz CT molecular complexity index is 632. The van der Waals surface area contributed by atoms with Crippen molar-refractivity contribution in [3.05, 3.63) is 30.1 Å². The third kappa shape index (κ3) is 3.08. The molecule has 2 aromatic rings. The Balaban J connectivity index is 2.22. The molecule has 0 spiro atoms. The van der Waals surface area contributed by atoms with Crippen molar-refractivity contribution in [1.29, 1.82) is 0 Å². The van der Waals surface area contributed by atoms with Crippen LogP contribution < -0.4 is 4.90 Å². The quantitative estimate of drug-likeness (QED) is 0.850. The summed E-state index contributed by atoms with van der Waals surface area (Å²) in [6.07, 6.45) is 0. The van der Waals surface area contributed by atoms with Crippen LogP contribution >= 0.6 is 11.8 Å². The van der Waals surface area contributed by atoms with Gasteiger partial charge in [-0.3, -0.25) is 9.36 Å². The first kappa shape index (κ1) is 14.3. The van der Waals surface area contributed by atoms with Crippen molar-refractivity contribution in [2.45, 2.75) is 5.16 Å². The highest BCUT2D eigenvalue weighted by Gasteiger charge is 2.15.